The number of ether oxygens (including phenoxy) is 3. The lowest BCUT2D eigenvalue weighted by Crippen LogP contribution is -2.30. The highest BCUT2D eigenvalue weighted by Crippen LogP contribution is 2.18. The normalized spacial score (nSPS) is 12.6. The topological polar surface area (TPSA) is 78.9 Å². The fourth-order valence-electron chi connectivity index (χ4n) is 7.91. The van der Waals surface area contributed by atoms with Gasteiger partial charge in [0.05, 0.1) is 0 Å². The summed E-state index contributed by atoms with van der Waals surface area (Å²) in [5, 5.41) is 0. The highest BCUT2D eigenvalue weighted by atomic mass is 16.6. The number of hydrogen-bond acceptors (Lipinski definition) is 6. The summed E-state index contributed by atoms with van der Waals surface area (Å²) >= 11 is 0. The van der Waals surface area contributed by atoms with Crippen molar-refractivity contribution in [3.8, 4) is 0 Å². The molecule has 0 aromatic rings. The van der Waals surface area contributed by atoms with Crippen LogP contribution in [0, 0.1) is 17.8 Å². The van der Waals surface area contributed by atoms with E-state index in [9.17, 15) is 14.4 Å². The zero-order valence-corrected chi connectivity index (χ0v) is 40.5. The summed E-state index contributed by atoms with van der Waals surface area (Å²) in [6.45, 7) is 13.7. The fraction of sp³-hybridized carbons (Fsp3) is 0.943. The molecule has 350 valence electrons. The van der Waals surface area contributed by atoms with Gasteiger partial charge in [-0.15, -0.1) is 0 Å². The van der Waals surface area contributed by atoms with E-state index >= 15 is 0 Å². The van der Waals surface area contributed by atoms with Crippen LogP contribution < -0.4 is 0 Å². The van der Waals surface area contributed by atoms with Crippen molar-refractivity contribution in [1.29, 1.82) is 0 Å². The van der Waals surface area contributed by atoms with E-state index in [1.807, 2.05) is 0 Å². The summed E-state index contributed by atoms with van der Waals surface area (Å²) in [6.07, 6.45) is 43.8. The molecule has 0 aromatic heterocycles. The molecule has 6 heteroatoms. The van der Waals surface area contributed by atoms with Crippen LogP contribution in [0.5, 0.6) is 0 Å². The standard InChI is InChI=1S/C53H102O6/c1-7-49(6)41-35-29-25-26-32-38-44-53(56)59-50(46-58-52(55)43-37-31-24-20-16-12-14-18-22-28-34-40-48(4)5)45-57-51(54)42-36-30-23-19-15-11-9-8-10-13-17-21-27-33-39-47(2)3/h47-50H,7-46H2,1-6H3/t49?,50-/m1/s1. The molecule has 0 amide bonds. The first-order valence-electron chi connectivity index (χ1n) is 26.1. The minimum Gasteiger partial charge on any atom is -0.462 e. The maximum Gasteiger partial charge on any atom is 0.306 e. The van der Waals surface area contributed by atoms with Gasteiger partial charge in [0.25, 0.3) is 0 Å². The number of unbranched alkanes of at least 4 members (excludes halogenated alkanes) is 28. The second-order valence-electron chi connectivity index (χ2n) is 19.4. The second kappa shape index (κ2) is 44.5. The molecule has 0 aliphatic heterocycles. The van der Waals surface area contributed by atoms with Gasteiger partial charge in [-0.2, -0.15) is 0 Å². The van der Waals surface area contributed by atoms with Gasteiger partial charge in [0, 0.05) is 19.3 Å². The summed E-state index contributed by atoms with van der Waals surface area (Å²) in [5.41, 5.74) is 0. The van der Waals surface area contributed by atoms with E-state index in [0.717, 1.165) is 75.5 Å². The van der Waals surface area contributed by atoms with Crippen LogP contribution in [0.25, 0.3) is 0 Å². The van der Waals surface area contributed by atoms with Crippen molar-refractivity contribution in [2.75, 3.05) is 13.2 Å². The van der Waals surface area contributed by atoms with Crippen molar-refractivity contribution in [3.63, 3.8) is 0 Å². The molecule has 0 aliphatic carbocycles. The summed E-state index contributed by atoms with van der Waals surface area (Å²) in [5.74, 6) is 1.63. The Kier molecular flexibility index (Phi) is 43.3. The smallest absolute Gasteiger partial charge is 0.306 e. The Labute approximate surface area is 368 Å². The number of carbonyl (C=O) groups excluding carboxylic acids is 3. The maximum atomic E-state index is 12.7. The van der Waals surface area contributed by atoms with Gasteiger partial charge in [0.1, 0.15) is 13.2 Å². The van der Waals surface area contributed by atoms with Crippen LogP contribution >= 0.6 is 0 Å². The quantitative estimate of drug-likeness (QED) is 0.0345. The minimum atomic E-state index is -0.763. The molecule has 0 spiro atoms. The van der Waals surface area contributed by atoms with Crippen LogP contribution in [-0.2, 0) is 28.6 Å². The molecule has 0 radical (unpaired) electrons. The summed E-state index contributed by atoms with van der Waals surface area (Å²) in [6, 6.07) is 0. The molecular weight excluding hydrogens is 733 g/mol. The first kappa shape index (κ1) is 57.4. The van der Waals surface area contributed by atoms with Crippen molar-refractivity contribution >= 4 is 17.9 Å². The van der Waals surface area contributed by atoms with E-state index in [0.29, 0.717) is 19.3 Å². The zero-order valence-electron chi connectivity index (χ0n) is 40.5. The van der Waals surface area contributed by atoms with Gasteiger partial charge in [-0.1, -0.05) is 247 Å². The average Bonchev–Trinajstić information content (AvgIpc) is 3.20. The van der Waals surface area contributed by atoms with Crippen molar-refractivity contribution in [3.05, 3.63) is 0 Å². The Hall–Kier alpha value is -1.59. The van der Waals surface area contributed by atoms with Crippen LogP contribution in [0.2, 0.25) is 0 Å². The Bertz CT molecular complexity index is 916. The second-order valence-corrected chi connectivity index (χ2v) is 19.4. The third-order valence-corrected chi connectivity index (χ3v) is 12.3. The summed E-state index contributed by atoms with van der Waals surface area (Å²) < 4.78 is 16.8. The van der Waals surface area contributed by atoms with Gasteiger partial charge in [-0.05, 0) is 37.0 Å². The van der Waals surface area contributed by atoms with E-state index in [4.69, 9.17) is 14.2 Å². The van der Waals surface area contributed by atoms with Crippen molar-refractivity contribution in [2.45, 2.75) is 292 Å². The SMILES string of the molecule is CCC(C)CCCCCCCCC(=O)O[C@H](COC(=O)CCCCCCCCCCCCCCCCC(C)C)COC(=O)CCCCCCCCCCCCCC(C)C. The van der Waals surface area contributed by atoms with Gasteiger partial charge >= 0.3 is 17.9 Å². The predicted molar refractivity (Wildman–Crippen MR) is 252 cm³/mol. The van der Waals surface area contributed by atoms with E-state index in [2.05, 4.69) is 41.5 Å². The lowest BCUT2D eigenvalue weighted by atomic mass is 10.00. The summed E-state index contributed by atoms with van der Waals surface area (Å²) in [4.78, 5) is 37.9. The molecule has 1 unspecified atom stereocenters. The molecule has 0 aliphatic rings. The Balaban J connectivity index is 4.27. The van der Waals surface area contributed by atoms with Crippen LogP contribution in [0.3, 0.4) is 0 Å². The number of rotatable bonds is 46. The van der Waals surface area contributed by atoms with Gasteiger partial charge in [0.15, 0.2) is 6.10 Å². The molecule has 6 nitrogen and oxygen atoms in total. The maximum absolute atomic E-state index is 12.7. The van der Waals surface area contributed by atoms with Gasteiger partial charge in [-0.25, -0.2) is 0 Å². The van der Waals surface area contributed by atoms with E-state index in [1.165, 1.54) is 167 Å². The molecule has 0 N–H and O–H groups in total. The molecule has 59 heavy (non-hydrogen) atoms. The van der Waals surface area contributed by atoms with Crippen molar-refractivity contribution < 1.29 is 28.6 Å². The molecule has 0 bridgehead atoms. The number of hydrogen-bond donors (Lipinski definition) is 0. The average molecular weight is 835 g/mol. The summed E-state index contributed by atoms with van der Waals surface area (Å²) in [7, 11) is 0. The molecule has 0 aromatic carbocycles. The van der Waals surface area contributed by atoms with Gasteiger partial charge in [-0.3, -0.25) is 14.4 Å². The molecule has 0 heterocycles. The first-order valence-corrected chi connectivity index (χ1v) is 26.1. The minimum absolute atomic E-state index is 0.0654. The highest BCUT2D eigenvalue weighted by molar-refractivity contribution is 5.71. The molecule has 0 saturated carbocycles. The van der Waals surface area contributed by atoms with Gasteiger partial charge in [0.2, 0.25) is 0 Å². The molecule has 0 fully saturated rings. The van der Waals surface area contributed by atoms with Gasteiger partial charge < -0.3 is 14.2 Å². The Morgan fingerprint density at radius 3 is 0.881 bits per heavy atom. The van der Waals surface area contributed by atoms with Crippen molar-refractivity contribution in [2.24, 2.45) is 17.8 Å². The van der Waals surface area contributed by atoms with E-state index in [1.54, 1.807) is 0 Å². The van der Waals surface area contributed by atoms with Crippen LogP contribution in [0.4, 0.5) is 0 Å². The molecule has 0 rings (SSSR count). The number of carbonyl (C=O) groups is 3. The van der Waals surface area contributed by atoms with Crippen molar-refractivity contribution in [1.82, 2.24) is 0 Å². The largest absolute Gasteiger partial charge is 0.462 e. The third kappa shape index (κ3) is 45.8. The fourth-order valence-corrected chi connectivity index (χ4v) is 7.91. The molecule has 0 saturated heterocycles. The first-order chi connectivity index (χ1) is 28.6. The van der Waals surface area contributed by atoms with E-state index in [-0.39, 0.29) is 31.1 Å². The van der Waals surface area contributed by atoms with Crippen LogP contribution in [0.15, 0.2) is 0 Å². The lowest BCUT2D eigenvalue weighted by molar-refractivity contribution is -0.167. The van der Waals surface area contributed by atoms with E-state index < -0.39 is 6.10 Å². The van der Waals surface area contributed by atoms with Crippen LogP contribution in [-0.4, -0.2) is 37.2 Å². The molecular formula is C53H102O6. The Morgan fingerprint density at radius 1 is 0.339 bits per heavy atom. The predicted octanol–water partition coefficient (Wildman–Crippen LogP) is 16.8. The third-order valence-electron chi connectivity index (χ3n) is 12.3. The van der Waals surface area contributed by atoms with Crippen LogP contribution in [0.1, 0.15) is 286 Å². The lowest BCUT2D eigenvalue weighted by Gasteiger charge is -2.18. The number of esters is 3. The zero-order chi connectivity index (χ0) is 43.4. The Morgan fingerprint density at radius 2 is 0.593 bits per heavy atom. The highest BCUT2D eigenvalue weighted by Gasteiger charge is 2.19. The molecule has 2 atom stereocenters. The monoisotopic (exact) mass is 835 g/mol.